The minimum Gasteiger partial charge on any atom is -0.333 e. The highest BCUT2D eigenvalue weighted by atomic mass is 19.3. The van der Waals surface area contributed by atoms with E-state index in [2.05, 4.69) is 0 Å². The summed E-state index contributed by atoms with van der Waals surface area (Å²) in [5.41, 5.74) is 5.46. The molecular formula is C9H16F2N2O. The van der Waals surface area contributed by atoms with Crippen molar-refractivity contribution >= 4 is 5.91 Å². The molecule has 2 unspecified atom stereocenters. The molecule has 0 radical (unpaired) electrons. The molecule has 0 aromatic heterocycles. The molecule has 82 valence electrons. The first kappa shape index (κ1) is 11.4. The van der Waals surface area contributed by atoms with Crippen LogP contribution in [0.3, 0.4) is 0 Å². The van der Waals surface area contributed by atoms with Crippen LogP contribution in [0.4, 0.5) is 8.78 Å². The summed E-state index contributed by atoms with van der Waals surface area (Å²) in [5.74, 6) is -0.613. The van der Waals surface area contributed by atoms with Gasteiger partial charge in [0.1, 0.15) is 0 Å². The molecule has 0 aromatic rings. The first-order valence-electron chi connectivity index (χ1n) is 4.85. The molecule has 0 aliphatic carbocycles. The van der Waals surface area contributed by atoms with Crippen molar-refractivity contribution in [1.29, 1.82) is 0 Å². The molecule has 0 spiro atoms. The Morgan fingerprint density at radius 1 is 1.64 bits per heavy atom. The normalized spacial score (nSPS) is 28.2. The molecule has 1 aliphatic rings. The average Bonchev–Trinajstić information content (AvgIpc) is 2.16. The lowest BCUT2D eigenvalue weighted by Gasteiger charge is -2.37. The van der Waals surface area contributed by atoms with E-state index in [-0.39, 0.29) is 12.6 Å². The molecule has 1 rings (SSSR count). The summed E-state index contributed by atoms with van der Waals surface area (Å²) in [4.78, 5) is 12.3. The largest absolute Gasteiger partial charge is 0.333 e. The van der Waals surface area contributed by atoms with Gasteiger partial charge in [-0.15, -0.1) is 0 Å². The molecule has 14 heavy (non-hydrogen) atoms. The summed E-state index contributed by atoms with van der Waals surface area (Å²) < 4.78 is 24.4. The van der Waals surface area contributed by atoms with Gasteiger partial charge in [0.25, 0.3) is 5.91 Å². The minimum absolute atomic E-state index is 0.208. The fourth-order valence-corrected chi connectivity index (χ4v) is 1.89. The third kappa shape index (κ3) is 2.41. The molecule has 1 amide bonds. The lowest BCUT2D eigenvalue weighted by atomic mass is 9.92. The molecule has 3 nitrogen and oxygen atoms in total. The molecule has 5 heteroatoms. The molecule has 0 bridgehead atoms. The highest BCUT2D eigenvalue weighted by molar-refractivity contribution is 5.79. The molecule has 1 saturated heterocycles. The third-order valence-corrected chi connectivity index (χ3v) is 2.72. The van der Waals surface area contributed by atoms with Crippen LogP contribution < -0.4 is 5.73 Å². The van der Waals surface area contributed by atoms with Crippen LogP contribution in [0, 0.1) is 5.92 Å². The Hall–Kier alpha value is -0.710. The second-order valence-corrected chi connectivity index (χ2v) is 3.85. The summed E-state index contributed by atoms with van der Waals surface area (Å²) in [6.07, 6.45) is -1.39. The second-order valence-electron chi connectivity index (χ2n) is 3.85. The first-order chi connectivity index (χ1) is 6.56. The van der Waals surface area contributed by atoms with Gasteiger partial charge in [0.2, 0.25) is 0 Å². The van der Waals surface area contributed by atoms with E-state index in [0.717, 1.165) is 12.8 Å². The fraction of sp³-hybridized carbons (Fsp3) is 0.889. The van der Waals surface area contributed by atoms with E-state index in [1.54, 1.807) is 0 Å². The van der Waals surface area contributed by atoms with Crippen LogP contribution >= 0.6 is 0 Å². The van der Waals surface area contributed by atoms with Crippen molar-refractivity contribution in [2.24, 2.45) is 11.7 Å². The highest BCUT2D eigenvalue weighted by Crippen LogP contribution is 2.22. The van der Waals surface area contributed by atoms with Crippen molar-refractivity contribution in [3.63, 3.8) is 0 Å². The number of rotatable bonds is 2. The van der Waals surface area contributed by atoms with Gasteiger partial charge in [-0.05, 0) is 18.8 Å². The van der Waals surface area contributed by atoms with Gasteiger partial charge in [-0.3, -0.25) is 4.79 Å². The zero-order valence-electron chi connectivity index (χ0n) is 8.25. The molecular weight excluding hydrogens is 190 g/mol. The van der Waals surface area contributed by atoms with Gasteiger partial charge < -0.3 is 10.6 Å². The average molecular weight is 206 g/mol. The van der Waals surface area contributed by atoms with E-state index in [1.807, 2.05) is 6.92 Å². The van der Waals surface area contributed by atoms with Gasteiger partial charge in [0.05, 0.1) is 0 Å². The number of nitrogens with two attached hydrogens (primary N) is 1. The topological polar surface area (TPSA) is 46.3 Å². The lowest BCUT2D eigenvalue weighted by molar-refractivity contribution is -0.147. The number of amides is 1. The minimum atomic E-state index is -2.91. The van der Waals surface area contributed by atoms with Crippen molar-refractivity contribution in [1.82, 2.24) is 4.90 Å². The maximum absolute atomic E-state index is 12.2. The molecule has 0 saturated carbocycles. The van der Waals surface area contributed by atoms with Crippen molar-refractivity contribution in [2.75, 3.05) is 13.1 Å². The van der Waals surface area contributed by atoms with Crippen LogP contribution in [-0.2, 0) is 4.79 Å². The van der Waals surface area contributed by atoms with Crippen molar-refractivity contribution in [3.8, 4) is 0 Å². The summed E-state index contributed by atoms with van der Waals surface area (Å²) >= 11 is 0. The van der Waals surface area contributed by atoms with E-state index in [1.165, 1.54) is 4.90 Å². The van der Waals surface area contributed by atoms with Gasteiger partial charge in [-0.1, -0.05) is 6.92 Å². The van der Waals surface area contributed by atoms with E-state index in [0.29, 0.717) is 12.5 Å². The van der Waals surface area contributed by atoms with Crippen LogP contribution in [0.5, 0.6) is 0 Å². The Kier molecular flexibility index (Phi) is 3.80. The van der Waals surface area contributed by atoms with Crippen LogP contribution in [-0.4, -0.2) is 36.4 Å². The number of hydrogen-bond donors (Lipinski definition) is 1. The van der Waals surface area contributed by atoms with Crippen LogP contribution in [0.25, 0.3) is 0 Å². The summed E-state index contributed by atoms with van der Waals surface area (Å²) in [6, 6.07) is -0.208. The monoisotopic (exact) mass is 206 g/mol. The first-order valence-corrected chi connectivity index (χ1v) is 4.85. The Balaban J connectivity index is 2.63. The number of halogens is 2. The van der Waals surface area contributed by atoms with Gasteiger partial charge in [-0.25, -0.2) is 0 Å². The lowest BCUT2D eigenvalue weighted by Crippen LogP contribution is -2.51. The molecule has 2 atom stereocenters. The number of carbonyl (C=O) groups is 1. The van der Waals surface area contributed by atoms with E-state index in [4.69, 9.17) is 5.73 Å². The molecule has 0 aromatic carbocycles. The fourth-order valence-electron chi connectivity index (χ4n) is 1.89. The molecule has 1 aliphatic heterocycles. The number of carbonyl (C=O) groups excluding carboxylic acids is 1. The van der Waals surface area contributed by atoms with E-state index < -0.39 is 12.3 Å². The van der Waals surface area contributed by atoms with Crippen LogP contribution in [0.15, 0.2) is 0 Å². The van der Waals surface area contributed by atoms with Crippen molar-refractivity contribution < 1.29 is 13.6 Å². The predicted octanol–water partition coefficient (Wildman–Crippen LogP) is 0.837. The summed E-state index contributed by atoms with van der Waals surface area (Å²) in [6.45, 7) is 2.72. The van der Waals surface area contributed by atoms with Gasteiger partial charge >= 0.3 is 6.43 Å². The van der Waals surface area contributed by atoms with Crippen molar-refractivity contribution in [3.05, 3.63) is 0 Å². The Bertz CT molecular complexity index is 211. The molecule has 1 heterocycles. The zero-order chi connectivity index (χ0) is 10.7. The van der Waals surface area contributed by atoms with Crippen molar-refractivity contribution in [2.45, 2.75) is 32.2 Å². The third-order valence-electron chi connectivity index (χ3n) is 2.72. The smallest absolute Gasteiger partial charge is 0.315 e. The Morgan fingerprint density at radius 2 is 2.29 bits per heavy atom. The van der Waals surface area contributed by atoms with Gasteiger partial charge in [0, 0.05) is 19.1 Å². The zero-order valence-corrected chi connectivity index (χ0v) is 8.25. The SMILES string of the molecule is CC1CCN(C(=O)C(F)F)C(CN)C1. The van der Waals surface area contributed by atoms with Crippen LogP contribution in [0.2, 0.25) is 0 Å². The van der Waals surface area contributed by atoms with E-state index in [9.17, 15) is 13.6 Å². The maximum atomic E-state index is 12.2. The second kappa shape index (κ2) is 4.68. The Labute approximate surface area is 82.2 Å². The highest BCUT2D eigenvalue weighted by Gasteiger charge is 2.32. The quantitative estimate of drug-likeness (QED) is 0.727. The number of piperidine rings is 1. The molecule has 1 fully saturated rings. The van der Waals surface area contributed by atoms with E-state index >= 15 is 0 Å². The van der Waals surface area contributed by atoms with Gasteiger partial charge in [-0.2, -0.15) is 8.78 Å². The molecule has 2 N–H and O–H groups in total. The van der Waals surface area contributed by atoms with Crippen LogP contribution in [0.1, 0.15) is 19.8 Å². The summed E-state index contributed by atoms with van der Waals surface area (Å²) in [7, 11) is 0. The summed E-state index contributed by atoms with van der Waals surface area (Å²) in [5, 5.41) is 0. The maximum Gasteiger partial charge on any atom is 0.315 e. The number of nitrogens with zero attached hydrogens (tertiary/aromatic N) is 1. The number of hydrogen-bond acceptors (Lipinski definition) is 2. The predicted molar refractivity (Wildman–Crippen MR) is 49.0 cm³/mol. The number of likely N-dealkylation sites (tertiary alicyclic amines) is 1. The number of alkyl halides is 2. The van der Waals surface area contributed by atoms with Gasteiger partial charge in [0.15, 0.2) is 0 Å². The Morgan fingerprint density at radius 3 is 2.79 bits per heavy atom. The standard InChI is InChI=1S/C9H16F2N2O/c1-6-2-3-13(7(4-6)5-12)9(14)8(10)11/h6-8H,2-5,12H2,1H3.